The molecule has 2 aromatic carbocycles. The number of aromatic nitrogens is 4. The first-order valence-electron chi connectivity index (χ1n) is 11.3. The van der Waals surface area contributed by atoms with Gasteiger partial charge < -0.3 is 4.57 Å². The fourth-order valence-corrected chi connectivity index (χ4v) is 3.86. The van der Waals surface area contributed by atoms with Crippen LogP contribution in [0.3, 0.4) is 0 Å². The molecule has 0 fully saturated rings. The van der Waals surface area contributed by atoms with E-state index in [2.05, 4.69) is 48.7 Å². The maximum Gasteiger partial charge on any atom is 0.339 e. The zero-order valence-electron chi connectivity index (χ0n) is 21.0. The third-order valence-corrected chi connectivity index (χ3v) is 5.46. The molecule has 0 radical (unpaired) electrons. The topological polar surface area (TPSA) is 77.7 Å². The summed E-state index contributed by atoms with van der Waals surface area (Å²) in [6, 6.07) is 23.1. The van der Waals surface area contributed by atoms with Gasteiger partial charge >= 0.3 is 64.8 Å². The van der Waals surface area contributed by atoms with Gasteiger partial charge in [0, 0.05) is 47.1 Å². The second-order valence-corrected chi connectivity index (χ2v) is 31.8. The van der Waals surface area contributed by atoms with Crippen LogP contribution < -0.4 is 5.56 Å². The Hall–Kier alpha value is -0.850. The number of fused-ring (bicyclic) bond motifs is 6. The summed E-state index contributed by atoms with van der Waals surface area (Å²) in [5.41, 5.74) is 3.52. The van der Waals surface area contributed by atoms with Crippen molar-refractivity contribution in [1.82, 2.24) is 19.5 Å². The molecule has 0 aliphatic heterocycles. The Balaban J connectivity index is 0.000000322. The van der Waals surface area contributed by atoms with Gasteiger partial charge in [0.1, 0.15) is 5.15 Å². The van der Waals surface area contributed by atoms with Crippen LogP contribution in [0.4, 0.5) is 0 Å². The number of rotatable bonds is 0. The molecule has 17 heteroatoms. The number of aryl methyl sites for hydroxylation is 1. The molecular weight excluding hydrogens is 793 g/mol. The van der Waals surface area contributed by atoms with Gasteiger partial charge in [-0.2, -0.15) is 0 Å². The quantitative estimate of drug-likeness (QED) is 0.0867. The predicted octanol–water partition coefficient (Wildman–Crippen LogP) is 13.9. The van der Waals surface area contributed by atoms with E-state index in [9.17, 15) is 9.36 Å². The van der Waals surface area contributed by atoms with Gasteiger partial charge in [-0.05, 0) is 64.1 Å². The largest absolute Gasteiger partial charge is 0.339 e. The van der Waals surface area contributed by atoms with Crippen LogP contribution in [-0.2, 0) is 11.6 Å². The Kier molecular flexibility index (Phi) is 15.7. The second kappa shape index (κ2) is 16.8. The molecular formula is C27H25Cl9N4O2P2. The normalized spacial score (nSPS) is 11.7. The van der Waals surface area contributed by atoms with Crippen molar-refractivity contribution >= 4 is 154 Å². The van der Waals surface area contributed by atoms with Crippen molar-refractivity contribution in [3.8, 4) is 0 Å². The summed E-state index contributed by atoms with van der Waals surface area (Å²) in [7, 11) is 1.78. The van der Waals surface area contributed by atoms with Gasteiger partial charge in [-0.15, -0.1) is 0 Å². The summed E-state index contributed by atoms with van der Waals surface area (Å²) in [6.07, 6.45) is 3.52. The fourth-order valence-electron chi connectivity index (χ4n) is 3.72. The number of benzene rings is 2. The van der Waals surface area contributed by atoms with Gasteiger partial charge in [-0.25, -0.2) is 4.98 Å². The summed E-state index contributed by atoms with van der Waals surface area (Å²) in [5.74, 6) is 0. The van der Waals surface area contributed by atoms with Crippen LogP contribution in [0.2, 0.25) is 5.15 Å². The summed E-state index contributed by atoms with van der Waals surface area (Å²) in [6.45, 7) is 0. The summed E-state index contributed by atoms with van der Waals surface area (Å²) in [5, 5.41) is 1.51. The van der Waals surface area contributed by atoms with E-state index in [0.29, 0.717) is 5.15 Å². The molecule has 4 aromatic heterocycles. The van der Waals surface area contributed by atoms with E-state index in [1.54, 1.807) is 36.1 Å². The van der Waals surface area contributed by atoms with Gasteiger partial charge in [-0.1, -0.05) is 62.9 Å². The fraction of sp³-hybridized carbons (Fsp3) is 0.111. The van der Waals surface area contributed by atoms with E-state index in [1.165, 1.54) is 0 Å². The number of hydrogen-bond donors (Lipinski definition) is 0. The molecule has 6 nitrogen and oxygen atoms in total. The Morgan fingerprint density at radius 1 is 0.659 bits per heavy atom. The molecule has 6 aromatic rings. The molecule has 0 unspecified atom stereocenters. The number of hydrogen-bond acceptors (Lipinski definition) is 5. The Labute approximate surface area is 298 Å². The molecule has 0 saturated heterocycles. The average Bonchev–Trinajstić information content (AvgIpc) is 2.88. The van der Waals surface area contributed by atoms with Crippen LogP contribution in [0.5, 0.6) is 0 Å². The predicted molar refractivity (Wildman–Crippen MR) is 201 cm³/mol. The number of nitrogens with zero attached hydrogens (tertiary/aromatic N) is 4. The molecule has 4 heterocycles. The minimum Gasteiger partial charge on any atom is -0.309 e. The van der Waals surface area contributed by atoms with E-state index >= 15 is 0 Å². The molecule has 0 aliphatic carbocycles. The van der Waals surface area contributed by atoms with E-state index in [0.717, 1.165) is 43.6 Å². The van der Waals surface area contributed by atoms with Crippen molar-refractivity contribution in [2.75, 3.05) is 0 Å². The molecule has 0 amide bonds. The molecule has 0 saturated carbocycles. The standard InChI is InChI=1S/C13H10N2O.C12H7ClN2.2CH4.Cl5P.Cl3OP/c1-15-11(16)7-6-10-5-4-9-3-2-8-14-12(9)13(10)15;13-10-6-5-9-4-3-8-2-1-7-14-11(8)12(9)15-10;;;1-6(2,3,4)5;1-5(2,3)4/h2-8H,1H3;1-7H;2*1H4;;. The molecule has 44 heavy (non-hydrogen) atoms. The van der Waals surface area contributed by atoms with E-state index < -0.39 is 8.57 Å². The zero-order valence-corrected chi connectivity index (χ0v) is 29.6. The van der Waals surface area contributed by atoms with E-state index in [4.69, 9.17) is 67.8 Å². The van der Waals surface area contributed by atoms with Crippen molar-refractivity contribution in [3.63, 3.8) is 0 Å². The van der Waals surface area contributed by atoms with Gasteiger partial charge in [0.25, 0.3) is 5.56 Å². The molecule has 0 aliphatic rings. The smallest absolute Gasteiger partial charge is 0.309 e. The maximum absolute atomic E-state index is 11.6. The molecule has 0 bridgehead atoms. The third kappa shape index (κ3) is 13.9. The summed E-state index contributed by atoms with van der Waals surface area (Å²) < 4.78 is 7.47. The van der Waals surface area contributed by atoms with Crippen LogP contribution in [0.25, 0.3) is 43.6 Å². The molecule has 0 atom stereocenters. The SMILES string of the molecule is C.C.ClP(Cl)(Cl)(Cl)Cl.Clc1ccc2ccc3cccnc3c2n1.Cn1c(=O)ccc2ccc3cccnc3c21.O=P(Cl)(Cl)Cl. The van der Waals surface area contributed by atoms with Crippen molar-refractivity contribution < 1.29 is 4.57 Å². The zero-order chi connectivity index (χ0) is 31.3. The molecule has 0 N–H and O–H groups in total. The first-order chi connectivity index (χ1) is 19.4. The van der Waals surface area contributed by atoms with Crippen molar-refractivity contribution in [2.24, 2.45) is 7.05 Å². The second-order valence-electron chi connectivity index (χ2n) is 8.19. The minimum atomic E-state index is -3.69. The van der Waals surface area contributed by atoms with E-state index in [-0.39, 0.29) is 20.4 Å². The van der Waals surface area contributed by atoms with Crippen LogP contribution in [0.15, 0.2) is 90.0 Å². The van der Waals surface area contributed by atoms with Crippen LogP contribution in [0.1, 0.15) is 14.9 Å². The molecule has 238 valence electrons. The number of halogens is 9. The van der Waals surface area contributed by atoms with Crippen LogP contribution in [0, 0.1) is 0 Å². The Bertz CT molecular complexity index is 1970. The maximum atomic E-state index is 11.6. The van der Waals surface area contributed by atoms with Crippen molar-refractivity contribution in [1.29, 1.82) is 0 Å². The summed E-state index contributed by atoms with van der Waals surface area (Å²) >= 11 is 44.6. The van der Waals surface area contributed by atoms with Crippen molar-refractivity contribution in [3.05, 3.63) is 101 Å². The van der Waals surface area contributed by atoms with Gasteiger partial charge in [0.05, 0.1) is 22.1 Å². The van der Waals surface area contributed by atoms with E-state index in [1.807, 2.05) is 60.7 Å². The monoisotopic (exact) mass is 814 g/mol. The minimum absolute atomic E-state index is 0. The third-order valence-electron chi connectivity index (χ3n) is 5.25. The van der Waals surface area contributed by atoms with Crippen LogP contribution >= 0.6 is 110 Å². The number of pyridine rings is 4. The molecule has 6 rings (SSSR count). The first-order valence-corrected chi connectivity index (χ1v) is 22.8. The van der Waals surface area contributed by atoms with Gasteiger partial charge in [-0.3, -0.25) is 19.3 Å². The Morgan fingerprint density at radius 2 is 1.05 bits per heavy atom. The first kappa shape index (κ1) is 41.2. The van der Waals surface area contributed by atoms with Gasteiger partial charge in [0.15, 0.2) is 0 Å². The van der Waals surface area contributed by atoms with Crippen molar-refractivity contribution in [2.45, 2.75) is 14.9 Å². The van der Waals surface area contributed by atoms with Crippen LogP contribution in [-0.4, -0.2) is 19.5 Å². The molecule has 0 spiro atoms. The van der Waals surface area contributed by atoms with Gasteiger partial charge in [0.2, 0.25) is 0 Å². The summed E-state index contributed by atoms with van der Waals surface area (Å²) in [4.78, 5) is 24.6. The average molecular weight is 819 g/mol. The Morgan fingerprint density at radius 3 is 1.57 bits per heavy atom.